The van der Waals surface area contributed by atoms with Crippen molar-refractivity contribution in [2.45, 2.75) is 18.9 Å². The van der Waals surface area contributed by atoms with Gasteiger partial charge in [0.25, 0.3) is 5.91 Å². The van der Waals surface area contributed by atoms with Crippen LogP contribution >= 0.6 is 0 Å². The summed E-state index contributed by atoms with van der Waals surface area (Å²) in [5.74, 6) is -0.0162. The molecule has 12 heavy (non-hydrogen) atoms. The Kier molecular flexibility index (Phi) is 1.60. The Morgan fingerprint density at radius 3 is 3.00 bits per heavy atom. The van der Waals surface area contributed by atoms with Crippen molar-refractivity contribution in [3.8, 4) is 0 Å². The van der Waals surface area contributed by atoms with Gasteiger partial charge in [-0.05, 0) is 12.8 Å². The second-order valence-electron chi connectivity index (χ2n) is 3.14. The molecule has 0 unspecified atom stereocenters. The number of rotatable bonds is 2. The number of carbonyl (C=O) groups is 1. The summed E-state index contributed by atoms with van der Waals surface area (Å²) in [6.45, 7) is 0. The van der Waals surface area contributed by atoms with E-state index in [-0.39, 0.29) is 5.91 Å². The van der Waals surface area contributed by atoms with Crippen LogP contribution in [0.5, 0.6) is 0 Å². The van der Waals surface area contributed by atoms with Crippen molar-refractivity contribution in [3.05, 3.63) is 18.2 Å². The van der Waals surface area contributed by atoms with Gasteiger partial charge in [0, 0.05) is 13.1 Å². The van der Waals surface area contributed by atoms with Crippen LogP contribution < -0.4 is 5.32 Å². The van der Waals surface area contributed by atoms with Gasteiger partial charge in [0.2, 0.25) is 0 Å². The van der Waals surface area contributed by atoms with Gasteiger partial charge in [0.05, 0.1) is 12.5 Å². The van der Waals surface area contributed by atoms with Gasteiger partial charge >= 0.3 is 0 Å². The molecule has 1 aliphatic carbocycles. The van der Waals surface area contributed by atoms with Crippen molar-refractivity contribution in [2.75, 3.05) is 0 Å². The van der Waals surface area contributed by atoms with Crippen molar-refractivity contribution >= 4 is 5.91 Å². The minimum Gasteiger partial charge on any atom is -0.348 e. The number of hydrogen-bond acceptors (Lipinski definition) is 2. The molecule has 4 nitrogen and oxygen atoms in total. The molecule has 1 heterocycles. The van der Waals surface area contributed by atoms with E-state index in [1.54, 1.807) is 17.1 Å². The Hall–Kier alpha value is -1.32. The predicted molar refractivity (Wildman–Crippen MR) is 43.7 cm³/mol. The van der Waals surface area contributed by atoms with Crippen LogP contribution in [-0.2, 0) is 7.05 Å². The van der Waals surface area contributed by atoms with Crippen molar-refractivity contribution in [3.63, 3.8) is 0 Å². The van der Waals surface area contributed by atoms with Gasteiger partial charge in [-0.2, -0.15) is 0 Å². The Morgan fingerprint density at radius 1 is 1.75 bits per heavy atom. The van der Waals surface area contributed by atoms with Crippen LogP contribution in [0.4, 0.5) is 0 Å². The van der Waals surface area contributed by atoms with Crippen LogP contribution in [0.1, 0.15) is 23.3 Å². The van der Waals surface area contributed by atoms with Crippen LogP contribution in [0.25, 0.3) is 0 Å². The molecule has 1 aromatic rings. The molecule has 4 heteroatoms. The molecule has 64 valence electrons. The van der Waals surface area contributed by atoms with E-state index in [1.807, 2.05) is 7.05 Å². The van der Waals surface area contributed by atoms with E-state index in [4.69, 9.17) is 0 Å². The van der Waals surface area contributed by atoms with Gasteiger partial charge in [-0.25, -0.2) is 4.98 Å². The Bertz CT molecular complexity index is 301. The number of nitrogens with one attached hydrogen (secondary N) is 1. The third-order valence-electron chi connectivity index (χ3n) is 1.96. The zero-order chi connectivity index (χ0) is 8.55. The summed E-state index contributed by atoms with van der Waals surface area (Å²) in [6, 6.07) is 0.410. The van der Waals surface area contributed by atoms with E-state index in [2.05, 4.69) is 10.3 Å². The molecule has 1 aliphatic rings. The van der Waals surface area contributed by atoms with Crippen molar-refractivity contribution < 1.29 is 4.79 Å². The standard InChI is InChI=1S/C8H11N3O/c1-11-5-9-4-7(11)8(12)10-6-2-3-6/h4-6H,2-3H2,1H3,(H,10,12). The average Bonchev–Trinajstić information content (AvgIpc) is 2.72. The first-order valence-corrected chi connectivity index (χ1v) is 4.04. The molecule has 1 fully saturated rings. The molecule has 0 aliphatic heterocycles. The molecular weight excluding hydrogens is 154 g/mol. The molecule has 1 N–H and O–H groups in total. The minimum absolute atomic E-state index is 0.0162. The number of carbonyl (C=O) groups excluding carboxylic acids is 1. The molecule has 0 atom stereocenters. The molecule has 0 spiro atoms. The first-order chi connectivity index (χ1) is 5.77. The third kappa shape index (κ3) is 1.32. The molecule has 1 aromatic heterocycles. The van der Waals surface area contributed by atoms with E-state index in [0.29, 0.717) is 11.7 Å². The maximum absolute atomic E-state index is 11.4. The van der Waals surface area contributed by atoms with Gasteiger partial charge in [-0.3, -0.25) is 4.79 Å². The maximum Gasteiger partial charge on any atom is 0.269 e. The minimum atomic E-state index is -0.0162. The quantitative estimate of drug-likeness (QED) is 0.685. The van der Waals surface area contributed by atoms with Crippen LogP contribution in [-0.4, -0.2) is 21.5 Å². The zero-order valence-corrected chi connectivity index (χ0v) is 6.95. The third-order valence-corrected chi connectivity index (χ3v) is 1.96. The Morgan fingerprint density at radius 2 is 2.50 bits per heavy atom. The highest BCUT2D eigenvalue weighted by atomic mass is 16.2. The van der Waals surface area contributed by atoms with E-state index in [0.717, 1.165) is 12.8 Å². The number of nitrogens with zero attached hydrogens (tertiary/aromatic N) is 2. The number of aromatic nitrogens is 2. The van der Waals surface area contributed by atoms with Crippen molar-refractivity contribution in [1.29, 1.82) is 0 Å². The first-order valence-electron chi connectivity index (χ1n) is 4.04. The summed E-state index contributed by atoms with van der Waals surface area (Å²) in [6.07, 6.45) is 5.44. The number of amides is 1. The first kappa shape index (κ1) is 7.34. The van der Waals surface area contributed by atoms with E-state index >= 15 is 0 Å². The molecule has 0 radical (unpaired) electrons. The molecule has 1 saturated carbocycles. The molecule has 0 aromatic carbocycles. The van der Waals surface area contributed by atoms with Crippen LogP contribution in [0.2, 0.25) is 0 Å². The predicted octanol–water partition coefficient (Wildman–Crippen LogP) is 0.312. The highest BCUT2D eigenvalue weighted by Crippen LogP contribution is 2.19. The SMILES string of the molecule is Cn1cncc1C(=O)NC1CC1. The zero-order valence-electron chi connectivity index (χ0n) is 6.95. The molecule has 0 bridgehead atoms. The Labute approximate surface area is 70.6 Å². The van der Waals surface area contributed by atoms with E-state index < -0.39 is 0 Å². The van der Waals surface area contributed by atoms with Gasteiger partial charge in [-0.1, -0.05) is 0 Å². The lowest BCUT2D eigenvalue weighted by Gasteiger charge is -2.02. The molecular formula is C8H11N3O. The fraction of sp³-hybridized carbons (Fsp3) is 0.500. The summed E-state index contributed by atoms with van der Waals surface area (Å²) in [4.78, 5) is 15.3. The topological polar surface area (TPSA) is 46.9 Å². The van der Waals surface area contributed by atoms with Gasteiger partial charge in [-0.15, -0.1) is 0 Å². The van der Waals surface area contributed by atoms with Gasteiger partial charge in [0.15, 0.2) is 0 Å². The van der Waals surface area contributed by atoms with Crippen LogP contribution in [0.3, 0.4) is 0 Å². The van der Waals surface area contributed by atoms with E-state index in [9.17, 15) is 4.79 Å². The van der Waals surface area contributed by atoms with Gasteiger partial charge in [0.1, 0.15) is 5.69 Å². The lowest BCUT2D eigenvalue weighted by atomic mass is 10.4. The number of imidazole rings is 1. The fourth-order valence-corrected chi connectivity index (χ4v) is 1.06. The van der Waals surface area contributed by atoms with Gasteiger partial charge < -0.3 is 9.88 Å². The largest absolute Gasteiger partial charge is 0.348 e. The monoisotopic (exact) mass is 165 g/mol. The Balaban J connectivity index is 2.07. The highest BCUT2D eigenvalue weighted by molar-refractivity contribution is 5.92. The maximum atomic E-state index is 11.4. The molecule has 1 amide bonds. The van der Waals surface area contributed by atoms with Crippen LogP contribution in [0, 0.1) is 0 Å². The second-order valence-corrected chi connectivity index (χ2v) is 3.14. The summed E-state index contributed by atoms with van der Waals surface area (Å²) < 4.78 is 1.72. The van der Waals surface area contributed by atoms with Crippen LogP contribution in [0.15, 0.2) is 12.5 Å². The van der Waals surface area contributed by atoms with Crippen molar-refractivity contribution in [1.82, 2.24) is 14.9 Å². The normalized spacial score (nSPS) is 16.1. The lowest BCUT2D eigenvalue weighted by molar-refractivity contribution is 0.0943. The number of aryl methyl sites for hydroxylation is 1. The second kappa shape index (κ2) is 2.62. The lowest BCUT2D eigenvalue weighted by Crippen LogP contribution is -2.27. The smallest absolute Gasteiger partial charge is 0.269 e. The summed E-state index contributed by atoms with van der Waals surface area (Å²) in [5.41, 5.74) is 0.627. The average molecular weight is 165 g/mol. The summed E-state index contributed by atoms with van der Waals surface area (Å²) in [5, 5.41) is 2.90. The molecule has 2 rings (SSSR count). The molecule has 0 saturated heterocycles. The van der Waals surface area contributed by atoms with E-state index in [1.165, 1.54) is 0 Å². The number of hydrogen-bond donors (Lipinski definition) is 1. The summed E-state index contributed by atoms with van der Waals surface area (Å²) in [7, 11) is 1.81. The highest BCUT2D eigenvalue weighted by Gasteiger charge is 2.24. The summed E-state index contributed by atoms with van der Waals surface area (Å²) >= 11 is 0. The fourth-order valence-electron chi connectivity index (χ4n) is 1.06. The van der Waals surface area contributed by atoms with Crippen molar-refractivity contribution in [2.24, 2.45) is 7.05 Å².